The number of aliphatic carboxylic acids is 1. The van der Waals surface area contributed by atoms with Gasteiger partial charge in [0.25, 0.3) is 0 Å². The third kappa shape index (κ3) is 3.75. The first-order valence-electron chi connectivity index (χ1n) is 12.5. The Kier molecular flexibility index (Phi) is 6.30. The van der Waals surface area contributed by atoms with Gasteiger partial charge in [-0.3, -0.25) is 19.3 Å². The second-order valence-electron chi connectivity index (χ2n) is 10.6. The number of carbonyl (C=O) groups excluding carboxylic acids is 2. The monoisotopic (exact) mass is 515 g/mol. The molecule has 6 N–H and O–H groups in total. The van der Waals surface area contributed by atoms with Gasteiger partial charge in [-0.05, 0) is 45.0 Å². The quantitative estimate of drug-likeness (QED) is 0.345. The maximum Gasteiger partial charge on any atom is 0.321 e. The van der Waals surface area contributed by atoms with E-state index in [0.29, 0.717) is 36.5 Å². The van der Waals surface area contributed by atoms with Crippen LogP contribution in [0.25, 0.3) is 0 Å². The molecule has 0 radical (unpaired) electrons. The van der Waals surface area contributed by atoms with Gasteiger partial charge in [-0.2, -0.15) is 0 Å². The van der Waals surface area contributed by atoms with Crippen molar-refractivity contribution in [3.63, 3.8) is 0 Å². The molecule has 0 saturated carbocycles. The topological polar surface area (TPSA) is 175 Å². The first kappa shape index (κ1) is 25.7. The van der Waals surface area contributed by atoms with Crippen molar-refractivity contribution in [3.8, 4) is 5.75 Å². The zero-order valence-corrected chi connectivity index (χ0v) is 20.9. The number of ether oxygens (including phenoxy) is 3. The Hall–Kier alpha value is -2.99. The molecule has 0 amide bonds. The molecule has 2 aliphatic heterocycles. The first-order valence-corrected chi connectivity index (χ1v) is 12.5. The minimum atomic E-state index is -1.39. The number of likely N-dealkylation sites (N-methyl/N-ethyl adjacent to an activating group) is 1. The number of aliphatic hydroxyl groups is 1. The summed E-state index contributed by atoms with van der Waals surface area (Å²) in [4.78, 5) is 39.3. The van der Waals surface area contributed by atoms with Gasteiger partial charge in [-0.1, -0.05) is 12.1 Å². The molecule has 11 nitrogen and oxygen atoms in total. The number of carboxylic acid groups (broad SMARTS) is 1. The van der Waals surface area contributed by atoms with Crippen LogP contribution in [0, 0.1) is 0 Å². The van der Waals surface area contributed by atoms with Gasteiger partial charge < -0.3 is 35.9 Å². The Morgan fingerprint density at radius 3 is 2.68 bits per heavy atom. The van der Waals surface area contributed by atoms with Gasteiger partial charge in [-0.25, -0.2) is 0 Å². The van der Waals surface area contributed by atoms with E-state index >= 15 is 0 Å². The van der Waals surface area contributed by atoms with E-state index < -0.39 is 47.5 Å². The van der Waals surface area contributed by atoms with Crippen LogP contribution in [0.2, 0.25) is 0 Å². The molecule has 11 heteroatoms. The predicted molar refractivity (Wildman–Crippen MR) is 129 cm³/mol. The summed E-state index contributed by atoms with van der Waals surface area (Å²) in [6, 6.07) is 1.78. The highest BCUT2D eigenvalue weighted by molar-refractivity contribution is 5.82. The fraction of sp³-hybridized carbons (Fsp3) is 0.577. The highest BCUT2D eigenvalue weighted by Crippen LogP contribution is 2.65. The van der Waals surface area contributed by atoms with Gasteiger partial charge in [-0.15, -0.1) is 0 Å². The molecule has 2 heterocycles. The zero-order chi connectivity index (χ0) is 26.7. The molecule has 37 heavy (non-hydrogen) atoms. The Morgan fingerprint density at radius 1 is 1.24 bits per heavy atom. The van der Waals surface area contributed by atoms with E-state index in [4.69, 9.17) is 25.7 Å². The van der Waals surface area contributed by atoms with Crippen molar-refractivity contribution in [2.24, 2.45) is 11.5 Å². The molecule has 2 aliphatic carbocycles. The molecule has 2 unspecified atom stereocenters. The van der Waals surface area contributed by atoms with Crippen molar-refractivity contribution in [1.82, 2.24) is 4.90 Å². The van der Waals surface area contributed by atoms with Crippen LogP contribution in [0.15, 0.2) is 24.0 Å². The predicted octanol–water partition coefficient (Wildman–Crippen LogP) is 0.0900. The molecular formula is C26H33N3O8. The molecule has 2 bridgehead atoms. The summed E-state index contributed by atoms with van der Waals surface area (Å²) >= 11 is 0. The lowest BCUT2D eigenvalue weighted by molar-refractivity contribution is -0.206. The third-order valence-electron chi connectivity index (χ3n) is 8.31. The van der Waals surface area contributed by atoms with E-state index in [2.05, 4.69) is 4.90 Å². The molecule has 5 rings (SSSR count). The lowest BCUT2D eigenvalue weighted by Crippen LogP contribution is -2.75. The summed E-state index contributed by atoms with van der Waals surface area (Å²) < 4.78 is 18.6. The van der Waals surface area contributed by atoms with Crippen LogP contribution in [-0.2, 0) is 42.3 Å². The van der Waals surface area contributed by atoms with Crippen molar-refractivity contribution in [2.75, 3.05) is 13.6 Å². The summed E-state index contributed by atoms with van der Waals surface area (Å²) in [5.74, 6) is -1.64. The SMILES string of the molecule is C[C@@H](N)CC(=O)OC1=CC[C@@]2(OC(=O)C[C@H](N)C(=O)O)[C@H]3Cc4ccc(CO)c5c4C2(CCN3C)C1O5. The fourth-order valence-corrected chi connectivity index (χ4v) is 6.75. The number of hydrogen-bond acceptors (Lipinski definition) is 10. The van der Waals surface area contributed by atoms with Gasteiger partial charge in [0.2, 0.25) is 0 Å². The number of rotatable bonds is 8. The van der Waals surface area contributed by atoms with Crippen molar-refractivity contribution >= 4 is 17.9 Å². The molecular weight excluding hydrogens is 482 g/mol. The first-order chi connectivity index (χ1) is 17.5. The van der Waals surface area contributed by atoms with Crippen LogP contribution in [0.4, 0.5) is 0 Å². The number of esters is 2. The summed E-state index contributed by atoms with van der Waals surface area (Å²) in [6.45, 7) is 2.13. The number of benzene rings is 1. The second-order valence-corrected chi connectivity index (χ2v) is 10.6. The minimum Gasteiger partial charge on any atom is -0.481 e. The van der Waals surface area contributed by atoms with Crippen molar-refractivity contribution in [3.05, 3.63) is 40.7 Å². The maximum atomic E-state index is 13.2. The van der Waals surface area contributed by atoms with Crippen LogP contribution in [0.5, 0.6) is 5.75 Å². The van der Waals surface area contributed by atoms with Gasteiger partial charge in [0.1, 0.15) is 23.2 Å². The van der Waals surface area contributed by atoms with Crippen LogP contribution in [0.3, 0.4) is 0 Å². The molecule has 200 valence electrons. The van der Waals surface area contributed by atoms with Gasteiger partial charge in [0.15, 0.2) is 6.10 Å². The van der Waals surface area contributed by atoms with E-state index in [-0.39, 0.29) is 31.5 Å². The number of aliphatic hydroxyl groups excluding tert-OH is 1. The largest absolute Gasteiger partial charge is 0.481 e. The second kappa shape index (κ2) is 9.09. The molecule has 1 saturated heterocycles. The fourth-order valence-electron chi connectivity index (χ4n) is 6.75. The number of piperidine rings is 1. The third-order valence-corrected chi connectivity index (χ3v) is 8.31. The average Bonchev–Trinajstić information content (AvgIpc) is 3.18. The van der Waals surface area contributed by atoms with E-state index in [1.54, 1.807) is 13.0 Å². The number of likely N-dealkylation sites (tertiary alicyclic amines) is 1. The van der Waals surface area contributed by atoms with Crippen LogP contribution >= 0.6 is 0 Å². The van der Waals surface area contributed by atoms with E-state index in [9.17, 15) is 24.6 Å². The van der Waals surface area contributed by atoms with E-state index in [1.807, 2.05) is 19.2 Å². The number of carboxylic acids is 1. The number of hydrogen-bond donors (Lipinski definition) is 4. The van der Waals surface area contributed by atoms with Crippen LogP contribution in [0.1, 0.15) is 49.3 Å². The van der Waals surface area contributed by atoms with Gasteiger partial charge in [0.05, 0.1) is 30.9 Å². The minimum absolute atomic E-state index is 0.0235. The standard InChI is InChI=1S/C26H33N3O8/c1-13(27)9-19(31)35-17-5-6-26(37-20(32)11-16(28)24(33)34)18-10-14-3-4-15(12-30)22-21(14)25(26,23(17)36-22)7-8-29(18)2/h3-5,13,16,18,23,30H,6-12,27-28H2,1-2H3,(H,33,34)/t13-,16+,18-,23?,25?,26-/m1/s1. The van der Waals surface area contributed by atoms with Gasteiger partial charge >= 0.3 is 17.9 Å². The lowest BCUT2D eigenvalue weighted by Gasteiger charge is -2.62. The zero-order valence-electron chi connectivity index (χ0n) is 20.9. The molecule has 1 aromatic carbocycles. The molecule has 1 spiro atoms. The number of nitrogens with zero attached hydrogens (tertiary/aromatic N) is 1. The normalized spacial score (nSPS) is 30.9. The van der Waals surface area contributed by atoms with Gasteiger partial charge in [0, 0.05) is 23.6 Å². The Bertz CT molecular complexity index is 1180. The van der Waals surface area contributed by atoms with Crippen molar-refractivity contribution < 1.29 is 38.8 Å². The summed E-state index contributed by atoms with van der Waals surface area (Å²) in [5, 5.41) is 19.3. The molecule has 6 atom stereocenters. The summed E-state index contributed by atoms with van der Waals surface area (Å²) in [5.41, 5.74) is 11.9. The number of nitrogens with two attached hydrogens (primary N) is 2. The van der Waals surface area contributed by atoms with E-state index in [1.165, 1.54) is 0 Å². The molecule has 1 fully saturated rings. The maximum absolute atomic E-state index is 13.2. The Balaban J connectivity index is 1.65. The summed E-state index contributed by atoms with van der Waals surface area (Å²) in [6.07, 6.45) is 1.82. The lowest BCUT2D eigenvalue weighted by atomic mass is 9.50. The Labute approximate surface area is 214 Å². The highest BCUT2D eigenvalue weighted by atomic mass is 16.6. The van der Waals surface area contributed by atoms with E-state index in [0.717, 1.165) is 11.1 Å². The van der Waals surface area contributed by atoms with Crippen molar-refractivity contribution in [2.45, 2.75) is 80.9 Å². The number of carbonyl (C=O) groups is 3. The molecule has 4 aliphatic rings. The smallest absolute Gasteiger partial charge is 0.321 e. The average molecular weight is 516 g/mol. The van der Waals surface area contributed by atoms with Crippen LogP contribution < -0.4 is 16.2 Å². The van der Waals surface area contributed by atoms with Crippen molar-refractivity contribution in [1.29, 1.82) is 0 Å². The highest BCUT2D eigenvalue weighted by Gasteiger charge is 2.74. The van der Waals surface area contributed by atoms with Crippen LogP contribution in [-0.4, -0.2) is 76.4 Å². The summed E-state index contributed by atoms with van der Waals surface area (Å²) in [7, 11) is 1.97. The molecule has 1 aromatic rings. The molecule has 0 aromatic heterocycles. The Morgan fingerprint density at radius 2 is 2.00 bits per heavy atom.